The Morgan fingerprint density at radius 1 is 1.07 bits per heavy atom. The number of thiophene rings is 1. The van der Waals surface area contributed by atoms with E-state index in [4.69, 9.17) is 14.5 Å². The SMILES string of the molecule is COCOc1ccc(F)cc1C(c1nc2ccccc2[nH]1)N1Cc2sc(-c3ccc(C4CCN(C)CC4)cc3)cc2C1=O. The van der Waals surface area contributed by atoms with Crippen LogP contribution in [-0.4, -0.2) is 59.7 Å². The molecule has 4 heterocycles. The van der Waals surface area contributed by atoms with Gasteiger partial charge in [0.2, 0.25) is 0 Å². The first-order valence-corrected chi connectivity index (χ1v) is 15.4. The lowest BCUT2D eigenvalue weighted by Gasteiger charge is -2.29. The molecule has 1 unspecified atom stereocenters. The molecular formula is C34H33FN4O3S. The van der Waals surface area contributed by atoms with E-state index in [1.54, 1.807) is 22.3 Å². The molecular weight excluding hydrogens is 563 g/mol. The summed E-state index contributed by atoms with van der Waals surface area (Å²) in [6, 6.07) is 22.2. The normalized spacial score (nSPS) is 16.6. The first-order chi connectivity index (χ1) is 21.0. The van der Waals surface area contributed by atoms with Crippen LogP contribution < -0.4 is 4.74 Å². The molecule has 43 heavy (non-hydrogen) atoms. The zero-order valence-electron chi connectivity index (χ0n) is 24.2. The van der Waals surface area contributed by atoms with Gasteiger partial charge >= 0.3 is 0 Å². The molecule has 3 aromatic carbocycles. The molecule has 0 aliphatic carbocycles. The third-order valence-electron chi connectivity index (χ3n) is 8.58. The van der Waals surface area contributed by atoms with E-state index in [1.807, 2.05) is 30.3 Å². The van der Waals surface area contributed by atoms with Crippen LogP contribution in [0.1, 0.15) is 57.0 Å². The van der Waals surface area contributed by atoms with Crippen molar-refractivity contribution in [1.29, 1.82) is 0 Å². The number of carbonyl (C=O) groups is 1. The monoisotopic (exact) mass is 596 g/mol. The summed E-state index contributed by atoms with van der Waals surface area (Å²) in [5.41, 5.74) is 5.29. The molecule has 2 aromatic heterocycles. The van der Waals surface area contributed by atoms with E-state index in [0.717, 1.165) is 39.4 Å². The molecule has 2 aliphatic heterocycles. The summed E-state index contributed by atoms with van der Waals surface area (Å²) >= 11 is 1.63. The molecule has 1 saturated heterocycles. The zero-order chi connectivity index (χ0) is 29.5. The van der Waals surface area contributed by atoms with Gasteiger partial charge in [0, 0.05) is 22.4 Å². The van der Waals surface area contributed by atoms with E-state index < -0.39 is 11.9 Å². The minimum atomic E-state index is -0.695. The van der Waals surface area contributed by atoms with Gasteiger partial charge in [-0.2, -0.15) is 0 Å². The highest BCUT2D eigenvalue weighted by atomic mass is 32.1. The van der Waals surface area contributed by atoms with Gasteiger partial charge in [-0.1, -0.05) is 36.4 Å². The molecule has 2 aliphatic rings. The second-order valence-electron chi connectivity index (χ2n) is 11.4. The Hall–Kier alpha value is -4.05. The average Bonchev–Trinajstić information content (AvgIpc) is 3.72. The van der Waals surface area contributed by atoms with E-state index in [9.17, 15) is 9.18 Å². The van der Waals surface area contributed by atoms with Crippen LogP contribution in [0.25, 0.3) is 21.5 Å². The maximum absolute atomic E-state index is 14.7. The van der Waals surface area contributed by atoms with Crippen LogP contribution in [0.5, 0.6) is 5.75 Å². The van der Waals surface area contributed by atoms with Gasteiger partial charge in [0.25, 0.3) is 5.91 Å². The topological polar surface area (TPSA) is 70.7 Å². The van der Waals surface area contributed by atoms with Crippen LogP contribution in [0.2, 0.25) is 0 Å². The lowest BCUT2D eigenvalue weighted by Crippen LogP contribution is -2.31. The van der Waals surface area contributed by atoms with Crippen molar-refractivity contribution < 1.29 is 18.7 Å². The van der Waals surface area contributed by atoms with Crippen molar-refractivity contribution in [2.45, 2.75) is 31.3 Å². The predicted octanol–water partition coefficient (Wildman–Crippen LogP) is 6.97. The van der Waals surface area contributed by atoms with Crippen molar-refractivity contribution in [3.8, 4) is 16.2 Å². The number of rotatable bonds is 8. The number of nitrogens with one attached hydrogen (secondary N) is 1. The number of amides is 1. The fourth-order valence-corrected chi connectivity index (χ4v) is 7.43. The first-order valence-electron chi connectivity index (χ1n) is 14.6. The fraction of sp³-hybridized carbons (Fsp3) is 0.294. The Morgan fingerprint density at radius 3 is 2.60 bits per heavy atom. The molecule has 7 nitrogen and oxygen atoms in total. The third kappa shape index (κ3) is 5.33. The van der Waals surface area contributed by atoms with Gasteiger partial charge in [-0.3, -0.25) is 4.79 Å². The van der Waals surface area contributed by atoms with Crippen molar-refractivity contribution in [3.05, 3.63) is 106 Å². The Balaban J connectivity index is 1.21. The highest BCUT2D eigenvalue weighted by Gasteiger charge is 2.39. The molecule has 1 amide bonds. The number of halogens is 1. The van der Waals surface area contributed by atoms with Crippen molar-refractivity contribution >= 4 is 28.3 Å². The molecule has 220 valence electrons. The van der Waals surface area contributed by atoms with Gasteiger partial charge < -0.3 is 24.3 Å². The molecule has 0 saturated carbocycles. The first kappa shape index (κ1) is 27.8. The molecule has 0 spiro atoms. The van der Waals surface area contributed by atoms with Crippen molar-refractivity contribution in [2.75, 3.05) is 34.0 Å². The molecule has 1 fully saturated rings. The summed E-state index contributed by atoms with van der Waals surface area (Å²) in [6.45, 7) is 2.64. The number of hydrogen-bond donors (Lipinski definition) is 1. The van der Waals surface area contributed by atoms with Crippen LogP contribution in [-0.2, 0) is 11.3 Å². The van der Waals surface area contributed by atoms with Gasteiger partial charge in [-0.05, 0) is 86.4 Å². The summed E-state index contributed by atoms with van der Waals surface area (Å²) in [5, 5.41) is 0. The molecule has 9 heteroatoms. The fourth-order valence-electron chi connectivity index (χ4n) is 6.27. The van der Waals surface area contributed by atoms with E-state index in [-0.39, 0.29) is 12.7 Å². The number of H-pyrrole nitrogens is 1. The standard InChI is InChI=1S/C34H33FN4O3S/c1-38-15-13-22(14-16-38)21-7-9-23(10-8-21)30-18-26-31(43-30)19-39(34(26)40)32(33-36-27-5-3-4-6-28(27)37-33)25-17-24(35)11-12-29(25)42-20-41-2/h3-12,17-18,22,32H,13-16,19-20H2,1-2H3,(H,36,37). The number of ether oxygens (including phenoxy) is 2. The van der Waals surface area contributed by atoms with Gasteiger partial charge in [-0.15, -0.1) is 11.3 Å². The van der Waals surface area contributed by atoms with Gasteiger partial charge in [0.05, 0.1) is 23.1 Å². The lowest BCUT2D eigenvalue weighted by atomic mass is 9.89. The zero-order valence-corrected chi connectivity index (χ0v) is 25.0. The van der Waals surface area contributed by atoms with Crippen LogP contribution >= 0.6 is 11.3 Å². The van der Waals surface area contributed by atoms with Crippen molar-refractivity contribution in [3.63, 3.8) is 0 Å². The van der Waals surface area contributed by atoms with Crippen LogP contribution in [0.4, 0.5) is 4.39 Å². The van der Waals surface area contributed by atoms with E-state index in [0.29, 0.717) is 35.2 Å². The molecule has 1 atom stereocenters. The molecule has 0 radical (unpaired) electrons. The van der Waals surface area contributed by atoms with Crippen LogP contribution in [0.15, 0.2) is 72.8 Å². The third-order valence-corrected chi connectivity index (χ3v) is 9.75. The van der Waals surface area contributed by atoms with Gasteiger partial charge in [-0.25, -0.2) is 9.37 Å². The number of nitrogens with zero attached hydrogens (tertiary/aromatic N) is 3. The number of aromatic amines is 1. The Bertz CT molecular complexity index is 1740. The molecule has 5 aromatic rings. The number of hydrogen-bond acceptors (Lipinski definition) is 6. The number of aromatic nitrogens is 2. The average molecular weight is 597 g/mol. The Kier molecular flexibility index (Phi) is 7.46. The molecule has 7 rings (SSSR count). The summed E-state index contributed by atoms with van der Waals surface area (Å²) < 4.78 is 25.7. The summed E-state index contributed by atoms with van der Waals surface area (Å²) in [4.78, 5) is 28.5. The number of fused-ring (bicyclic) bond motifs is 2. The number of imidazole rings is 1. The Morgan fingerprint density at radius 2 is 1.86 bits per heavy atom. The number of para-hydroxylation sites is 2. The summed E-state index contributed by atoms with van der Waals surface area (Å²) in [7, 11) is 3.71. The number of carbonyl (C=O) groups excluding carboxylic acids is 1. The smallest absolute Gasteiger partial charge is 0.256 e. The minimum absolute atomic E-state index is 0.00723. The maximum Gasteiger partial charge on any atom is 0.256 e. The number of benzene rings is 3. The predicted molar refractivity (Wildman–Crippen MR) is 166 cm³/mol. The maximum atomic E-state index is 14.7. The lowest BCUT2D eigenvalue weighted by molar-refractivity contribution is 0.0487. The molecule has 0 bridgehead atoms. The van der Waals surface area contributed by atoms with E-state index >= 15 is 0 Å². The van der Waals surface area contributed by atoms with E-state index in [1.165, 1.54) is 37.6 Å². The second-order valence-corrected chi connectivity index (χ2v) is 12.5. The van der Waals surface area contributed by atoms with E-state index in [2.05, 4.69) is 41.2 Å². The summed E-state index contributed by atoms with van der Waals surface area (Å²) in [6.07, 6.45) is 2.37. The van der Waals surface area contributed by atoms with Crippen LogP contribution in [0.3, 0.4) is 0 Å². The van der Waals surface area contributed by atoms with Crippen LogP contribution in [0, 0.1) is 5.82 Å². The Labute approximate surface area is 253 Å². The largest absolute Gasteiger partial charge is 0.467 e. The highest BCUT2D eigenvalue weighted by molar-refractivity contribution is 7.16. The number of piperidine rings is 1. The second kappa shape index (κ2) is 11.6. The number of likely N-dealkylation sites (tertiary alicyclic amines) is 1. The quantitative estimate of drug-likeness (QED) is 0.196. The van der Waals surface area contributed by atoms with Crippen molar-refractivity contribution in [1.82, 2.24) is 19.8 Å². The van der Waals surface area contributed by atoms with Gasteiger partial charge in [0.1, 0.15) is 23.4 Å². The van der Waals surface area contributed by atoms with Gasteiger partial charge in [0.15, 0.2) is 6.79 Å². The van der Waals surface area contributed by atoms with Crippen molar-refractivity contribution in [2.24, 2.45) is 0 Å². The summed E-state index contributed by atoms with van der Waals surface area (Å²) in [5.74, 6) is 1.04. The minimum Gasteiger partial charge on any atom is -0.467 e. The molecule has 1 N–H and O–H groups in total. The number of methoxy groups -OCH3 is 1. The highest BCUT2D eigenvalue weighted by Crippen LogP contribution is 2.44.